The van der Waals surface area contributed by atoms with Gasteiger partial charge in [-0.2, -0.15) is 0 Å². The molecule has 0 unspecified atom stereocenters. The highest BCUT2D eigenvalue weighted by Crippen LogP contribution is 2.14. The third kappa shape index (κ3) is 17.9. The van der Waals surface area contributed by atoms with Crippen molar-refractivity contribution in [2.75, 3.05) is 6.61 Å². The average molecular weight is 344 g/mol. The highest BCUT2D eigenvalue weighted by atomic mass is 16.6. The van der Waals surface area contributed by atoms with Crippen LogP contribution in [0, 0.1) is 16.2 Å². The fourth-order valence-corrected chi connectivity index (χ4v) is 1.10. The van der Waals surface area contributed by atoms with Crippen LogP contribution in [-0.2, 0) is 19.1 Å². The number of carbonyl (C=O) groups excluding carboxylic acids is 2. The van der Waals surface area contributed by atoms with Crippen molar-refractivity contribution in [2.45, 2.75) is 66.4 Å². The molecule has 24 heavy (non-hydrogen) atoms. The average Bonchev–Trinajstić information content (AvgIpc) is 2.33. The minimum atomic E-state index is -0.475. The molecule has 0 heterocycles. The summed E-state index contributed by atoms with van der Waals surface area (Å²) in [6, 6.07) is 0. The summed E-state index contributed by atoms with van der Waals surface area (Å²) in [7, 11) is 0. The number of hydrogen-bond donors (Lipinski definition) is 4. The van der Waals surface area contributed by atoms with E-state index in [1.165, 1.54) is 0 Å². The Balaban J connectivity index is 0. The quantitative estimate of drug-likeness (QED) is 0.328. The van der Waals surface area contributed by atoms with E-state index in [4.69, 9.17) is 31.8 Å². The van der Waals surface area contributed by atoms with Crippen LogP contribution >= 0.6 is 0 Å². The zero-order valence-corrected chi connectivity index (χ0v) is 15.6. The van der Waals surface area contributed by atoms with Gasteiger partial charge >= 0.3 is 11.9 Å². The van der Waals surface area contributed by atoms with Gasteiger partial charge in [0.05, 0.1) is 30.1 Å². The Bertz CT molecular complexity index is 448. The largest absolute Gasteiger partial charge is 0.465 e. The van der Waals surface area contributed by atoms with E-state index in [1.54, 1.807) is 41.5 Å². The van der Waals surface area contributed by atoms with Crippen LogP contribution in [0.2, 0.25) is 0 Å². The number of hydrogen-bond acceptors (Lipinski definition) is 6. The van der Waals surface area contributed by atoms with Crippen LogP contribution < -0.4 is 11.5 Å². The number of nitrogens with one attached hydrogen (secondary N) is 2. The van der Waals surface area contributed by atoms with E-state index in [0.29, 0.717) is 6.42 Å². The number of carbonyl (C=O) groups is 2. The number of esters is 2. The Labute approximate surface area is 144 Å². The molecule has 0 amide bonds. The van der Waals surface area contributed by atoms with Crippen molar-refractivity contribution in [3.05, 3.63) is 0 Å². The Morgan fingerprint density at radius 2 is 1.33 bits per heavy atom. The van der Waals surface area contributed by atoms with Crippen molar-refractivity contribution < 1.29 is 19.1 Å². The molecule has 0 bridgehead atoms. The van der Waals surface area contributed by atoms with E-state index < -0.39 is 11.0 Å². The first-order chi connectivity index (χ1) is 10.6. The normalized spacial score (nSPS) is 10.9. The zero-order valence-electron chi connectivity index (χ0n) is 15.6. The fraction of sp³-hybridized carbons (Fsp3) is 0.750. The van der Waals surface area contributed by atoms with Gasteiger partial charge in [-0.3, -0.25) is 20.4 Å². The van der Waals surface area contributed by atoms with Crippen molar-refractivity contribution in [3.8, 4) is 0 Å². The second kappa shape index (κ2) is 10.6. The lowest BCUT2D eigenvalue weighted by Gasteiger charge is -2.19. The molecule has 8 nitrogen and oxygen atoms in total. The Morgan fingerprint density at radius 3 is 1.67 bits per heavy atom. The molecular weight excluding hydrogens is 312 g/mol. The monoisotopic (exact) mass is 344 g/mol. The van der Waals surface area contributed by atoms with Gasteiger partial charge in [-0.05, 0) is 41.5 Å². The van der Waals surface area contributed by atoms with Crippen LogP contribution in [0.15, 0.2) is 0 Å². The summed E-state index contributed by atoms with van der Waals surface area (Å²) in [5, 5.41) is 13.8. The Morgan fingerprint density at radius 1 is 0.875 bits per heavy atom. The van der Waals surface area contributed by atoms with E-state index in [-0.39, 0.29) is 43.1 Å². The summed E-state index contributed by atoms with van der Waals surface area (Å²) in [5.41, 5.74) is 9.23. The summed E-state index contributed by atoms with van der Waals surface area (Å²) in [6.45, 7) is 11.0. The van der Waals surface area contributed by atoms with E-state index >= 15 is 0 Å². The van der Waals surface area contributed by atoms with Gasteiger partial charge in [-0.15, -0.1) is 0 Å². The first-order valence-electron chi connectivity index (χ1n) is 7.70. The van der Waals surface area contributed by atoms with Crippen LogP contribution in [0.5, 0.6) is 0 Å². The lowest BCUT2D eigenvalue weighted by Crippen LogP contribution is -2.24. The summed E-state index contributed by atoms with van der Waals surface area (Å²) >= 11 is 0. The maximum absolute atomic E-state index is 11.1. The Hall–Kier alpha value is -2.12. The van der Waals surface area contributed by atoms with Gasteiger partial charge in [0.2, 0.25) is 0 Å². The molecule has 0 spiro atoms. The van der Waals surface area contributed by atoms with Gasteiger partial charge in [0.1, 0.15) is 5.60 Å². The number of rotatable bonds is 6. The van der Waals surface area contributed by atoms with Gasteiger partial charge in [0.15, 0.2) is 0 Å². The van der Waals surface area contributed by atoms with Crippen molar-refractivity contribution in [3.63, 3.8) is 0 Å². The van der Waals surface area contributed by atoms with Gasteiger partial charge < -0.3 is 20.9 Å². The lowest BCUT2D eigenvalue weighted by atomic mass is 9.97. The molecule has 0 saturated heterocycles. The molecule has 0 aliphatic rings. The summed E-state index contributed by atoms with van der Waals surface area (Å²) in [6.07, 6.45) is 0.767. The summed E-state index contributed by atoms with van der Waals surface area (Å²) < 4.78 is 9.85. The van der Waals surface area contributed by atoms with Crippen LogP contribution in [0.1, 0.15) is 60.8 Å². The van der Waals surface area contributed by atoms with E-state index in [9.17, 15) is 9.59 Å². The van der Waals surface area contributed by atoms with Crippen molar-refractivity contribution >= 4 is 23.6 Å². The second-order valence-corrected chi connectivity index (χ2v) is 7.27. The van der Waals surface area contributed by atoms with Crippen LogP contribution in [0.3, 0.4) is 0 Å². The third-order valence-electron chi connectivity index (χ3n) is 2.24. The van der Waals surface area contributed by atoms with E-state index in [1.807, 2.05) is 0 Å². The molecule has 8 heteroatoms. The predicted octanol–water partition coefficient (Wildman–Crippen LogP) is 1.95. The highest BCUT2D eigenvalue weighted by Gasteiger charge is 2.22. The van der Waals surface area contributed by atoms with Crippen LogP contribution in [0.25, 0.3) is 0 Å². The second-order valence-electron chi connectivity index (χ2n) is 7.27. The van der Waals surface area contributed by atoms with Gasteiger partial charge in [0.25, 0.3) is 0 Å². The molecule has 0 aliphatic heterocycles. The summed E-state index contributed by atoms with van der Waals surface area (Å²) in [4.78, 5) is 22.1. The molecular formula is C16H32N4O4. The minimum absolute atomic E-state index is 0.0147. The molecule has 0 aromatic rings. The Kier molecular flexibility index (Phi) is 10.7. The number of ether oxygens (including phenoxy) is 2. The minimum Gasteiger partial charge on any atom is -0.465 e. The fourth-order valence-electron chi connectivity index (χ4n) is 1.10. The molecule has 0 radical (unpaired) electrons. The summed E-state index contributed by atoms with van der Waals surface area (Å²) in [5.74, 6) is -0.515. The van der Waals surface area contributed by atoms with Crippen LogP contribution in [-0.4, -0.2) is 35.8 Å². The standard InChI is InChI=1S/2C8H16N2O2/c1-8(2,3)7(11)12-5-4-6(9)10;1-8(2,3)12-7(11)5-4-6(9)10/h2*4-5H2,1-3H3,(H3,9,10). The van der Waals surface area contributed by atoms with E-state index in [0.717, 1.165) is 0 Å². The smallest absolute Gasteiger partial charge is 0.311 e. The first kappa shape index (κ1) is 24.1. The van der Waals surface area contributed by atoms with Gasteiger partial charge in [0, 0.05) is 12.8 Å². The maximum Gasteiger partial charge on any atom is 0.311 e. The highest BCUT2D eigenvalue weighted by molar-refractivity contribution is 5.82. The predicted molar refractivity (Wildman–Crippen MR) is 93.9 cm³/mol. The van der Waals surface area contributed by atoms with Gasteiger partial charge in [-0.1, -0.05) is 0 Å². The van der Waals surface area contributed by atoms with Crippen LogP contribution in [0.4, 0.5) is 0 Å². The molecule has 6 N–H and O–H groups in total. The molecule has 0 aromatic heterocycles. The molecule has 0 aliphatic carbocycles. The molecule has 0 rings (SSSR count). The molecule has 0 fully saturated rings. The van der Waals surface area contributed by atoms with E-state index in [2.05, 4.69) is 0 Å². The number of nitrogens with two attached hydrogens (primary N) is 2. The topological polar surface area (TPSA) is 152 Å². The molecule has 140 valence electrons. The zero-order chi connectivity index (χ0) is 19.6. The lowest BCUT2D eigenvalue weighted by molar-refractivity contribution is -0.155. The SMILES string of the molecule is CC(C)(C)C(=O)OCCC(=N)N.CC(C)(C)OC(=O)CCC(=N)N. The van der Waals surface area contributed by atoms with Crippen molar-refractivity contribution in [2.24, 2.45) is 16.9 Å². The molecule has 0 aromatic carbocycles. The van der Waals surface area contributed by atoms with Crippen molar-refractivity contribution in [1.82, 2.24) is 0 Å². The van der Waals surface area contributed by atoms with Gasteiger partial charge in [-0.25, -0.2) is 0 Å². The first-order valence-corrected chi connectivity index (χ1v) is 7.70. The van der Waals surface area contributed by atoms with Crippen molar-refractivity contribution in [1.29, 1.82) is 10.8 Å². The maximum atomic E-state index is 11.1. The molecule has 0 saturated carbocycles. The third-order valence-corrected chi connectivity index (χ3v) is 2.24. The molecule has 0 atom stereocenters. The number of amidine groups is 2.